The van der Waals surface area contributed by atoms with E-state index in [1.54, 1.807) is 6.07 Å². The molecule has 2 nitrogen and oxygen atoms in total. The lowest BCUT2D eigenvalue weighted by Gasteiger charge is -2.20. The van der Waals surface area contributed by atoms with E-state index >= 15 is 0 Å². The summed E-state index contributed by atoms with van der Waals surface area (Å²) in [6.45, 7) is 12.6. The van der Waals surface area contributed by atoms with Crippen molar-refractivity contribution in [2.45, 2.75) is 59.3 Å². The molecule has 0 aliphatic carbocycles. The first kappa shape index (κ1) is 17.4. The van der Waals surface area contributed by atoms with Crippen LogP contribution in [0.1, 0.15) is 80.2 Å². The molecule has 0 radical (unpaired) electrons. The van der Waals surface area contributed by atoms with Crippen molar-refractivity contribution >= 4 is 0 Å². The molecule has 1 atom stereocenters. The van der Waals surface area contributed by atoms with Crippen LogP contribution in [0.3, 0.4) is 0 Å². The summed E-state index contributed by atoms with van der Waals surface area (Å²) in [6.07, 6.45) is 0. The van der Waals surface area contributed by atoms with Crippen LogP contribution in [0.15, 0.2) is 30.3 Å². The highest BCUT2D eigenvalue weighted by Gasteiger charge is 2.17. The number of rotatable bonds is 4. The molecular formula is C21H28O2. The number of hydrogen-bond donors (Lipinski definition) is 2. The highest BCUT2D eigenvalue weighted by atomic mass is 16.3. The second-order valence-electron chi connectivity index (χ2n) is 7.12. The van der Waals surface area contributed by atoms with Gasteiger partial charge in [0, 0.05) is 5.92 Å². The quantitative estimate of drug-likeness (QED) is 0.748. The molecule has 0 bridgehead atoms. The maximum absolute atomic E-state index is 10.2. The standard InChI is InChI=1S/C21H28O2/c1-12(2)17-10-16(7-8-20(17)22)15(6)19-11-18(13(3)4)21(23)9-14(19)5/h7-13,15,22-23H,1-6H3. The zero-order valence-corrected chi connectivity index (χ0v) is 15.0. The Kier molecular flexibility index (Phi) is 5.03. The van der Waals surface area contributed by atoms with E-state index in [9.17, 15) is 10.2 Å². The van der Waals surface area contributed by atoms with E-state index < -0.39 is 0 Å². The predicted molar refractivity (Wildman–Crippen MR) is 96.6 cm³/mol. The normalized spacial score (nSPS) is 12.9. The zero-order chi connectivity index (χ0) is 17.3. The van der Waals surface area contributed by atoms with Crippen LogP contribution in [-0.2, 0) is 0 Å². The largest absolute Gasteiger partial charge is 0.508 e. The van der Waals surface area contributed by atoms with Gasteiger partial charge >= 0.3 is 0 Å². The molecule has 23 heavy (non-hydrogen) atoms. The number of benzene rings is 2. The van der Waals surface area contributed by atoms with E-state index in [-0.39, 0.29) is 17.8 Å². The molecule has 0 amide bonds. The third-order valence-electron chi connectivity index (χ3n) is 4.68. The Morgan fingerprint density at radius 3 is 1.83 bits per heavy atom. The second kappa shape index (κ2) is 6.66. The molecule has 0 aromatic heterocycles. The minimum Gasteiger partial charge on any atom is -0.508 e. The van der Waals surface area contributed by atoms with Gasteiger partial charge in [0.1, 0.15) is 11.5 Å². The zero-order valence-electron chi connectivity index (χ0n) is 15.0. The SMILES string of the molecule is Cc1cc(O)c(C(C)C)cc1C(C)c1ccc(O)c(C(C)C)c1. The smallest absolute Gasteiger partial charge is 0.119 e. The van der Waals surface area contributed by atoms with Crippen LogP contribution in [0.5, 0.6) is 11.5 Å². The van der Waals surface area contributed by atoms with Crippen molar-refractivity contribution in [3.05, 3.63) is 58.1 Å². The minimum absolute atomic E-state index is 0.214. The molecule has 124 valence electrons. The summed E-state index contributed by atoms with van der Waals surface area (Å²) in [5.41, 5.74) is 5.48. The van der Waals surface area contributed by atoms with Gasteiger partial charge in [0.25, 0.3) is 0 Å². The average Bonchev–Trinajstić information content (AvgIpc) is 2.46. The number of hydrogen-bond acceptors (Lipinski definition) is 2. The molecule has 0 heterocycles. The average molecular weight is 312 g/mol. The first-order chi connectivity index (χ1) is 10.7. The topological polar surface area (TPSA) is 40.5 Å². The molecule has 2 N–H and O–H groups in total. The van der Waals surface area contributed by atoms with Crippen LogP contribution in [0.25, 0.3) is 0 Å². The lowest BCUT2D eigenvalue weighted by atomic mass is 9.85. The molecule has 2 rings (SSSR count). The van der Waals surface area contributed by atoms with Crippen LogP contribution < -0.4 is 0 Å². The Hall–Kier alpha value is -1.96. The van der Waals surface area contributed by atoms with E-state index in [4.69, 9.17) is 0 Å². The van der Waals surface area contributed by atoms with E-state index in [2.05, 4.69) is 46.8 Å². The number of phenolic OH excluding ortho intramolecular Hbond substituents is 2. The van der Waals surface area contributed by atoms with E-state index in [1.165, 1.54) is 11.1 Å². The van der Waals surface area contributed by atoms with E-state index in [0.717, 1.165) is 16.7 Å². The summed E-state index contributed by atoms with van der Waals surface area (Å²) >= 11 is 0. The van der Waals surface area contributed by atoms with Gasteiger partial charge in [-0.15, -0.1) is 0 Å². The molecule has 0 fully saturated rings. The van der Waals surface area contributed by atoms with Gasteiger partial charge in [0.15, 0.2) is 0 Å². The van der Waals surface area contributed by atoms with Crippen molar-refractivity contribution in [1.82, 2.24) is 0 Å². The fourth-order valence-corrected chi connectivity index (χ4v) is 3.14. The van der Waals surface area contributed by atoms with Gasteiger partial charge in [-0.1, -0.05) is 52.8 Å². The predicted octanol–water partition coefficient (Wildman–Crippen LogP) is 5.80. The highest BCUT2D eigenvalue weighted by Crippen LogP contribution is 2.36. The van der Waals surface area contributed by atoms with Crippen molar-refractivity contribution < 1.29 is 10.2 Å². The van der Waals surface area contributed by atoms with Crippen LogP contribution >= 0.6 is 0 Å². The van der Waals surface area contributed by atoms with Gasteiger partial charge in [-0.2, -0.15) is 0 Å². The van der Waals surface area contributed by atoms with Crippen molar-refractivity contribution in [2.75, 3.05) is 0 Å². The number of aryl methyl sites for hydroxylation is 1. The minimum atomic E-state index is 0.214. The van der Waals surface area contributed by atoms with Crippen molar-refractivity contribution in [1.29, 1.82) is 0 Å². The summed E-state index contributed by atoms with van der Waals surface area (Å²) in [7, 11) is 0. The first-order valence-electron chi connectivity index (χ1n) is 8.38. The van der Waals surface area contributed by atoms with Gasteiger partial charge in [-0.25, -0.2) is 0 Å². The molecular weight excluding hydrogens is 284 g/mol. The summed E-state index contributed by atoms with van der Waals surface area (Å²) < 4.78 is 0. The van der Waals surface area contributed by atoms with Crippen LogP contribution in [0, 0.1) is 6.92 Å². The number of aromatic hydroxyl groups is 2. The summed E-state index contributed by atoms with van der Waals surface area (Å²) in [4.78, 5) is 0. The maximum atomic E-state index is 10.2. The summed E-state index contributed by atoms with van der Waals surface area (Å²) in [6, 6.07) is 9.88. The van der Waals surface area contributed by atoms with E-state index in [0.29, 0.717) is 11.5 Å². The van der Waals surface area contributed by atoms with Crippen LogP contribution in [0.4, 0.5) is 0 Å². The van der Waals surface area contributed by atoms with Crippen LogP contribution in [0.2, 0.25) is 0 Å². The molecule has 0 spiro atoms. The van der Waals surface area contributed by atoms with Crippen molar-refractivity contribution in [3.63, 3.8) is 0 Å². The first-order valence-corrected chi connectivity index (χ1v) is 8.38. The van der Waals surface area contributed by atoms with Crippen molar-refractivity contribution in [2.24, 2.45) is 0 Å². The van der Waals surface area contributed by atoms with Gasteiger partial charge < -0.3 is 10.2 Å². The van der Waals surface area contributed by atoms with Crippen LogP contribution in [-0.4, -0.2) is 10.2 Å². The van der Waals surface area contributed by atoms with Gasteiger partial charge in [-0.3, -0.25) is 0 Å². The lowest BCUT2D eigenvalue weighted by Crippen LogP contribution is -2.03. The van der Waals surface area contributed by atoms with Gasteiger partial charge in [0.2, 0.25) is 0 Å². The lowest BCUT2D eigenvalue weighted by molar-refractivity contribution is 0.464. The second-order valence-corrected chi connectivity index (χ2v) is 7.12. The molecule has 1 unspecified atom stereocenters. The molecule has 2 aromatic carbocycles. The molecule has 2 aromatic rings. The third-order valence-corrected chi connectivity index (χ3v) is 4.68. The fraction of sp³-hybridized carbons (Fsp3) is 0.429. The Balaban J connectivity index is 2.50. The Bertz CT molecular complexity index is 699. The molecule has 0 saturated carbocycles. The monoisotopic (exact) mass is 312 g/mol. The van der Waals surface area contributed by atoms with E-state index in [1.807, 2.05) is 19.1 Å². The van der Waals surface area contributed by atoms with Gasteiger partial charge in [-0.05, 0) is 58.7 Å². The molecule has 0 aliphatic rings. The number of phenols is 2. The summed E-state index contributed by atoms with van der Waals surface area (Å²) in [5.74, 6) is 1.52. The van der Waals surface area contributed by atoms with Crippen molar-refractivity contribution in [3.8, 4) is 11.5 Å². The fourth-order valence-electron chi connectivity index (χ4n) is 3.14. The molecule has 2 heteroatoms. The Morgan fingerprint density at radius 1 is 0.696 bits per heavy atom. The van der Waals surface area contributed by atoms with Gasteiger partial charge in [0.05, 0.1) is 0 Å². The Labute approximate surface area is 139 Å². The summed E-state index contributed by atoms with van der Waals surface area (Å²) in [5, 5.41) is 20.2. The maximum Gasteiger partial charge on any atom is 0.119 e. The highest BCUT2D eigenvalue weighted by molar-refractivity contribution is 5.48. The Morgan fingerprint density at radius 2 is 1.26 bits per heavy atom. The third kappa shape index (κ3) is 3.52. The molecule has 0 saturated heterocycles. The molecule has 0 aliphatic heterocycles.